The maximum atomic E-state index is 13.3. The highest BCUT2D eigenvalue weighted by atomic mass is 32.2. The monoisotopic (exact) mass is 268 g/mol. The lowest BCUT2D eigenvalue weighted by Gasteiger charge is -2.16. The van der Waals surface area contributed by atoms with Crippen molar-refractivity contribution < 1.29 is 27.1 Å². The van der Waals surface area contributed by atoms with Gasteiger partial charge in [-0.25, -0.2) is 4.39 Å². The Kier molecular flexibility index (Phi) is 4.39. The summed E-state index contributed by atoms with van der Waals surface area (Å²) in [5.74, 6) is -2.02. The van der Waals surface area contributed by atoms with Gasteiger partial charge in [-0.1, -0.05) is 18.2 Å². The van der Waals surface area contributed by atoms with Gasteiger partial charge in [0.25, 0.3) is 0 Å². The summed E-state index contributed by atoms with van der Waals surface area (Å²) in [5.41, 5.74) is -5.00. The third-order valence-electron chi connectivity index (χ3n) is 1.85. The molecule has 0 saturated heterocycles. The predicted octanol–water partition coefficient (Wildman–Crippen LogP) is 3.29. The molecule has 0 bridgehead atoms. The first kappa shape index (κ1) is 13.8. The molecule has 17 heavy (non-hydrogen) atoms. The lowest BCUT2D eigenvalue weighted by molar-refractivity contribution is -0.140. The van der Waals surface area contributed by atoms with Gasteiger partial charge >= 0.3 is 11.5 Å². The van der Waals surface area contributed by atoms with Gasteiger partial charge in [-0.15, -0.1) is 0 Å². The van der Waals surface area contributed by atoms with Gasteiger partial charge in [-0.3, -0.25) is 4.79 Å². The van der Waals surface area contributed by atoms with Gasteiger partial charge < -0.3 is 4.74 Å². The maximum absolute atomic E-state index is 13.3. The zero-order chi connectivity index (χ0) is 13.1. The Hall–Kier alpha value is -1.24. The molecule has 0 radical (unpaired) electrons. The smallest absolute Gasteiger partial charge is 0.442 e. The quantitative estimate of drug-likeness (QED) is 0.621. The molecule has 1 rings (SSSR count). The molecule has 0 spiro atoms. The summed E-state index contributed by atoms with van der Waals surface area (Å²) in [5, 5.41) is -1.75. The summed E-state index contributed by atoms with van der Waals surface area (Å²) < 4.78 is 54.3. The standard InChI is InChI=1S/C10H8F4O2S/c1-16-9(15)8(17-10(12,13)14)6-4-2-3-5-7(6)11/h2-5,8H,1H3. The van der Waals surface area contributed by atoms with Gasteiger partial charge in [-0.05, 0) is 17.8 Å². The highest BCUT2D eigenvalue weighted by Gasteiger charge is 2.39. The van der Waals surface area contributed by atoms with E-state index in [9.17, 15) is 22.4 Å². The van der Waals surface area contributed by atoms with Crippen LogP contribution in [0.5, 0.6) is 0 Å². The van der Waals surface area contributed by atoms with Crippen molar-refractivity contribution >= 4 is 17.7 Å². The molecule has 1 unspecified atom stereocenters. The number of ether oxygens (including phenoxy) is 1. The van der Waals surface area contributed by atoms with Crippen molar-refractivity contribution in [1.29, 1.82) is 0 Å². The molecule has 0 fully saturated rings. The summed E-state index contributed by atoms with van der Waals surface area (Å²) >= 11 is -0.613. The van der Waals surface area contributed by atoms with E-state index in [1.807, 2.05) is 0 Å². The van der Waals surface area contributed by atoms with Gasteiger partial charge in [0.2, 0.25) is 0 Å². The Morgan fingerprint density at radius 3 is 2.41 bits per heavy atom. The number of hydrogen-bond acceptors (Lipinski definition) is 3. The van der Waals surface area contributed by atoms with E-state index < -0.39 is 34.3 Å². The average Bonchev–Trinajstić information content (AvgIpc) is 2.25. The second-order valence-corrected chi connectivity index (χ2v) is 4.16. The topological polar surface area (TPSA) is 26.3 Å². The molecular weight excluding hydrogens is 260 g/mol. The number of carbonyl (C=O) groups excluding carboxylic acids is 1. The Bertz CT molecular complexity index is 406. The number of esters is 1. The van der Waals surface area contributed by atoms with Crippen molar-refractivity contribution in [3.05, 3.63) is 35.6 Å². The van der Waals surface area contributed by atoms with Gasteiger partial charge in [0.15, 0.2) is 0 Å². The minimum atomic E-state index is -4.65. The van der Waals surface area contributed by atoms with Crippen LogP contribution in [0.1, 0.15) is 10.8 Å². The van der Waals surface area contributed by atoms with Gasteiger partial charge in [0, 0.05) is 5.56 Å². The van der Waals surface area contributed by atoms with Crippen molar-refractivity contribution in [2.24, 2.45) is 0 Å². The van der Waals surface area contributed by atoms with Crippen LogP contribution >= 0.6 is 11.8 Å². The number of benzene rings is 1. The van der Waals surface area contributed by atoms with Crippen LogP contribution in [0.15, 0.2) is 24.3 Å². The zero-order valence-corrected chi connectivity index (χ0v) is 9.44. The first-order chi connectivity index (χ1) is 7.85. The minimum absolute atomic E-state index is 0.346. The lowest BCUT2D eigenvalue weighted by Crippen LogP contribution is -2.17. The fraction of sp³-hybridized carbons (Fsp3) is 0.300. The Morgan fingerprint density at radius 1 is 1.35 bits per heavy atom. The number of hydrogen-bond donors (Lipinski definition) is 0. The molecule has 0 aliphatic rings. The Labute approximate surface area is 99.0 Å². The van der Waals surface area contributed by atoms with E-state index in [-0.39, 0.29) is 5.56 Å². The molecule has 0 N–H and O–H groups in total. The van der Waals surface area contributed by atoms with Crippen molar-refractivity contribution in [1.82, 2.24) is 0 Å². The van der Waals surface area contributed by atoms with Crippen molar-refractivity contribution in [2.45, 2.75) is 10.8 Å². The van der Waals surface area contributed by atoms with Crippen LogP contribution < -0.4 is 0 Å². The van der Waals surface area contributed by atoms with E-state index in [4.69, 9.17) is 0 Å². The third kappa shape index (κ3) is 3.92. The Balaban J connectivity index is 3.07. The molecule has 0 aliphatic carbocycles. The van der Waals surface area contributed by atoms with Crippen molar-refractivity contribution in [3.8, 4) is 0 Å². The predicted molar refractivity (Wildman–Crippen MR) is 54.8 cm³/mol. The third-order valence-corrected chi connectivity index (χ3v) is 2.80. The van der Waals surface area contributed by atoms with Gasteiger partial charge in [-0.2, -0.15) is 13.2 Å². The Morgan fingerprint density at radius 2 is 1.94 bits per heavy atom. The first-order valence-corrected chi connectivity index (χ1v) is 5.30. The fourth-order valence-corrected chi connectivity index (χ4v) is 1.94. The normalized spacial score (nSPS) is 13.2. The molecule has 1 aromatic carbocycles. The molecule has 7 heteroatoms. The average molecular weight is 268 g/mol. The van der Waals surface area contributed by atoms with Crippen LogP contribution in [-0.4, -0.2) is 18.6 Å². The molecule has 1 atom stereocenters. The second kappa shape index (κ2) is 5.39. The highest BCUT2D eigenvalue weighted by Crippen LogP contribution is 2.43. The molecule has 2 nitrogen and oxygen atoms in total. The first-order valence-electron chi connectivity index (χ1n) is 4.42. The summed E-state index contributed by atoms with van der Waals surface area (Å²) in [6, 6.07) is 4.79. The molecular formula is C10H8F4O2S. The number of carbonyl (C=O) groups is 1. The number of halogens is 4. The fourth-order valence-electron chi connectivity index (χ4n) is 1.17. The highest BCUT2D eigenvalue weighted by molar-refractivity contribution is 8.01. The molecule has 0 heterocycles. The zero-order valence-electron chi connectivity index (χ0n) is 8.62. The maximum Gasteiger partial charge on any atom is 0.442 e. The van der Waals surface area contributed by atoms with Crippen LogP contribution in [0.3, 0.4) is 0 Å². The van der Waals surface area contributed by atoms with Gasteiger partial charge in [0.1, 0.15) is 11.1 Å². The number of methoxy groups -OCH3 is 1. The van der Waals surface area contributed by atoms with Gasteiger partial charge in [0.05, 0.1) is 7.11 Å². The largest absolute Gasteiger partial charge is 0.468 e. The molecule has 94 valence electrons. The number of thioether (sulfide) groups is 1. The number of alkyl halides is 3. The molecule has 0 aliphatic heterocycles. The van der Waals surface area contributed by atoms with Crippen LogP contribution in [0, 0.1) is 5.82 Å². The van der Waals surface area contributed by atoms with Crippen LogP contribution in [0.2, 0.25) is 0 Å². The van der Waals surface area contributed by atoms with E-state index in [2.05, 4.69) is 4.74 Å². The molecule has 0 saturated carbocycles. The summed E-state index contributed by atoms with van der Waals surface area (Å²) in [4.78, 5) is 11.2. The minimum Gasteiger partial charge on any atom is -0.468 e. The molecule has 0 amide bonds. The summed E-state index contributed by atoms with van der Waals surface area (Å²) in [7, 11) is 0.952. The van der Waals surface area contributed by atoms with E-state index in [1.165, 1.54) is 12.1 Å². The van der Waals surface area contributed by atoms with Crippen LogP contribution in [0.4, 0.5) is 17.6 Å². The molecule has 1 aromatic rings. The second-order valence-electron chi connectivity index (χ2n) is 2.99. The van der Waals surface area contributed by atoms with E-state index in [1.54, 1.807) is 0 Å². The van der Waals surface area contributed by atoms with Crippen LogP contribution in [-0.2, 0) is 9.53 Å². The van der Waals surface area contributed by atoms with Crippen molar-refractivity contribution in [3.63, 3.8) is 0 Å². The van der Waals surface area contributed by atoms with E-state index >= 15 is 0 Å². The van der Waals surface area contributed by atoms with Crippen molar-refractivity contribution in [2.75, 3.05) is 7.11 Å². The van der Waals surface area contributed by atoms with E-state index in [0.29, 0.717) is 0 Å². The SMILES string of the molecule is COC(=O)C(SC(F)(F)F)c1ccccc1F. The number of rotatable bonds is 3. The lowest BCUT2D eigenvalue weighted by atomic mass is 10.1. The summed E-state index contributed by atoms with van der Waals surface area (Å²) in [6.07, 6.45) is 0. The van der Waals surface area contributed by atoms with Crippen LogP contribution in [0.25, 0.3) is 0 Å². The van der Waals surface area contributed by atoms with E-state index in [0.717, 1.165) is 19.2 Å². The molecule has 0 aromatic heterocycles. The summed E-state index contributed by atoms with van der Waals surface area (Å²) in [6.45, 7) is 0.